The summed E-state index contributed by atoms with van der Waals surface area (Å²) in [6.45, 7) is 4.03. The smallest absolute Gasteiger partial charge is 0.231 e. The fraction of sp³-hybridized carbons (Fsp3) is 0.125. The predicted octanol–water partition coefficient (Wildman–Crippen LogP) is 3.62. The molecule has 0 spiro atoms. The van der Waals surface area contributed by atoms with Crippen molar-refractivity contribution in [1.82, 2.24) is 9.97 Å². The first-order chi connectivity index (χ1) is 9.63. The Morgan fingerprint density at radius 2 is 1.80 bits per heavy atom. The molecular formula is C16H15N3O. The number of nitrogens with two attached hydrogens (primary N) is 1. The van der Waals surface area contributed by atoms with Gasteiger partial charge in [0.1, 0.15) is 5.75 Å². The van der Waals surface area contributed by atoms with Crippen molar-refractivity contribution in [1.29, 1.82) is 0 Å². The summed E-state index contributed by atoms with van der Waals surface area (Å²) in [5.74, 6) is 1.49. The van der Waals surface area contributed by atoms with Gasteiger partial charge in [0, 0.05) is 0 Å². The summed E-state index contributed by atoms with van der Waals surface area (Å²) in [5, 5.41) is 0.850. The molecule has 0 amide bonds. The molecule has 20 heavy (non-hydrogen) atoms. The topological polar surface area (TPSA) is 61.0 Å². The van der Waals surface area contributed by atoms with Crippen molar-refractivity contribution in [3.63, 3.8) is 0 Å². The van der Waals surface area contributed by atoms with Gasteiger partial charge in [0.05, 0.1) is 10.9 Å². The number of nitrogens with zero attached hydrogens (tertiary/aromatic N) is 2. The summed E-state index contributed by atoms with van der Waals surface area (Å²) in [6.07, 6.45) is 0. The van der Waals surface area contributed by atoms with E-state index in [4.69, 9.17) is 10.5 Å². The maximum absolute atomic E-state index is 5.95. The number of hydrogen-bond acceptors (Lipinski definition) is 4. The number of ether oxygens (including phenoxy) is 1. The monoisotopic (exact) mass is 265 g/mol. The Labute approximate surface area is 117 Å². The molecule has 3 aromatic rings. The van der Waals surface area contributed by atoms with Crippen LogP contribution in [0, 0.1) is 13.8 Å². The van der Waals surface area contributed by atoms with Gasteiger partial charge in [-0.05, 0) is 43.2 Å². The minimum atomic E-state index is 0.212. The van der Waals surface area contributed by atoms with Crippen LogP contribution in [0.3, 0.4) is 0 Å². The van der Waals surface area contributed by atoms with Crippen LogP contribution in [0.15, 0.2) is 42.5 Å². The molecule has 0 aliphatic carbocycles. The van der Waals surface area contributed by atoms with Crippen LogP contribution >= 0.6 is 0 Å². The van der Waals surface area contributed by atoms with Gasteiger partial charge in [0.2, 0.25) is 11.8 Å². The molecule has 0 saturated heterocycles. The second-order valence-electron chi connectivity index (χ2n) is 4.78. The molecule has 4 heteroatoms. The first-order valence-electron chi connectivity index (χ1n) is 6.41. The Kier molecular flexibility index (Phi) is 2.99. The number of anilines is 1. The number of fused-ring (bicyclic) bond motifs is 1. The molecule has 0 aliphatic heterocycles. The number of para-hydroxylation sites is 1. The molecule has 1 heterocycles. The van der Waals surface area contributed by atoms with Gasteiger partial charge in [-0.15, -0.1) is 0 Å². The van der Waals surface area contributed by atoms with Crippen molar-refractivity contribution in [2.45, 2.75) is 13.8 Å². The Bertz CT molecular complexity index is 784. The van der Waals surface area contributed by atoms with E-state index in [9.17, 15) is 0 Å². The van der Waals surface area contributed by atoms with Gasteiger partial charge in [-0.3, -0.25) is 0 Å². The standard InChI is InChI=1S/C16H15N3O/c1-10-7-8-11(2)14(9-10)20-15-12-5-3-4-6-13(12)18-16(17)19-15/h3-9H,1-2H3,(H2,17,18,19). The van der Waals surface area contributed by atoms with E-state index in [-0.39, 0.29) is 5.95 Å². The third-order valence-electron chi connectivity index (χ3n) is 3.14. The van der Waals surface area contributed by atoms with Crippen molar-refractivity contribution >= 4 is 16.9 Å². The lowest BCUT2D eigenvalue weighted by molar-refractivity contribution is 0.465. The molecule has 0 aliphatic rings. The quantitative estimate of drug-likeness (QED) is 0.768. The molecule has 1 aromatic heterocycles. The number of rotatable bonds is 2. The third kappa shape index (κ3) is 2.28. The van der Waals surface area contributed by atoms with E-state index in [1.165, 1.54) is 0 Å². The van der Waals surface area contributed by atoms with E-state index in [2.05, 4.69) is 16.0 Å². The highest BCUT2D eigenvalue weighted by Gasteiger charge is 2.09. The fourth-order valence-corrected chi connectivity index (χ4v) is 2.06. The van der Waals surface area contributed by atoms with Crippen LogP contribution in [-0.2, 0) is 0 Å². The zero-order valence-corrected chi connectivity index (χ0v) is 11.4. The molecule has 0 fully saturated rings. The van der Waals surface area contributed by atoms with Gasteiger partial charge in [0.25, 0.3) is 0 Å². The maximum atomic E-state index is 5.95. The van der Waals surface area contributed by atoms with Crippen molar-refractivity contribution in [3.05, 3.63) is 53.6 Å². The molecule has 0 unspecified atom stereocenters. The molecule has 0 saturated carbocycles. The Balaban J connectivity index is 2.13. The van der Waals surface area contributed by atoms with Gasteiger partial charge < -0.3 is 10.5 Å². The minimum Gasteiger partial charge on any atom is -0.438 e. The number of benzene rings is 2. The van der Waals surface area contributed by atoms with Crippen LogP contribution in [0.4, 0.5) is 5.95 Å². The second-order valence-corrected chi connectivity index (χ2v) is 4.78. The largest absolute Gasteiger partial charge is 0.438 e. The molecular weight excluding hydrogens is 250 g/mol. The van der Waals surface area contributed by atoms with Crippen LogP contribution in [-0.4, -0.2) is 9.97 Å². The SMILES string of the molecule is Cc1ccc(C)c(Oc2nc(N)nc3ccccc23)c1. The first-order valence-corrected chi connectivity index (χ1v) is 6.41. The van der Waals surface area contributed by atoms with E-state index in [0.717, 1.165) is 27.8 Å². The molecule has 3 rings (SSSR count). The van der Waals surface area contributed by atoms with Gasteiger partial charge >= 0.3 is 0 Å². The summed E-state index contributed by atoms with van der Waals surface area (Å²) >= 11 is 0. The van der Waals surface area contributed by atoms with E-state index in [0.29, 0.717) is 5.88 Å². The Morgan fingerprint density at radius 3 is 2.65 bits per heavy atom. The zero-order valence-electron chi connectivity index (χ0n) is 11.4. The minimum absolute atomic E-state index is 0.212. The van der Waals surface area contributed by atoms with Gasteiger partial charge in [-0.2, -0.15) is 4.98 Å². The highest BCUT2D eigenvalue weighted by atomic mass is 16.5. The van der Waals surface area contributed by atoms with E-state index in [1.807, 2.05) is 50.2 Å². The molecule has 100 valence electrons. The predicted molar refractivity (Wildman–Crippen MR) is 79.9 cm³/mol. The number of hydrogen-bond donors (Lipinski definition) is 1. The number of nitrogen functional groups attached to an aromatic ring is 1. The van der Waals surface area contributed by atoms with Crippen molar-refractivity contribution in [2.75, 3.05) is 5.73 Å². The van der Waals surface area contributed by atoms with Crippen LogP contribution in [0.1, 0.15) is 11.1 Å². The fourth-order valence-electron chi connectivity index (χ4n) is 2.06. The van der Waals surface area contributed by atoms with E-state index < -0.39 is 0 Å². The maximum Gasteiger partial charge on any atom is 0.231 e. The molecule has 0 atom stereocenters. The van der Waals surface area contributed by atoms with Crippen LogP contribution in [0.2, 0.25) is 0 Å². The molecule has 4 nitrogen and oxygen atoms in total. The highest BCUT2D eigenvalue weighted by molar-refractivity contribution is 5.84. The number of aromatic nitrogens is 2. The summed E-state index contributed by atoms with van der Waals surface area (Å²) < 4.78 is 5.95. The summed E-state index contributed by atoms with van der Waals surface area (Å²) in [4.78, 5) is 8.42. The van der Waals surface area contributed by atoms with Crippen LogP contribution in [0.5, 0.6) is 11.6 Å². The average molecular weight is 265 g/mol. The average Bonchev–Trinajstić information content (AvgIpc) is 2.43. The molecule has 0 radical (unpaired) electrons. The third-order valence-corrected chi connectivity index (χ3v) is 3.14. The molecule has 2 aromatic carbocycles. The van der Waals surface area contributed by atoms with E-state index in [1.54, 1.807) is 0 Å². The van der Waals surface area contributed by atoms with E-state index >= 15 is 0 Å². The van der Waals surface area contributed by atoms with Crippen molar-refractivity contribution in [2.24, 2.45) is 0 Å². The first kappa shape index (κ1) is 12.4. The van der Waals surface area contributed by atoms with Gasteiger partial charge in [-0.25, -0.2) is 4.98 Å². The lowest BCUT2D eigenvalue weighted by Crippen LogP contribution is -1.99. The second kappa shape index (κ2) is 4.81. The Hall–Kier alpha value is -2.62. The Morgan fingerprint density at radius 1 is 1.00 bits per heavy atom. The number of aryl methyl sites for hydroxylation is 2. The van der Waals surface area contributed by atoms with Crippen molar-refractivity contribution in [3.8, 4) is 11.6 Å². The lowest BCUT2D eigenvalue weighted by atomic mass is 10.1. The lowest BCUT2D eigenvalue weighted by Gasteiger charge is -2.11. The highest BCUT2D eigenvalue weighted by Crippen LogP contribution is 2.30. The van der Waals surface area contributed by atoms with Gasteiger partial charge in [-0.1, -0.05) is 24.3 Å². The van der Waals surface area contributed by atoms with Gasteiger partial charge in [0.15, 0.2) is 0 Å². The van der Waals surface area contributed by atoms with Crippen LogP contribution < -0.4 is 10.5 Å². The summed E-state index contributed by atoms with van der Waals surface area (Å²) in [7, 11) is 0. The molecule has 0 bridgehead atoms. The summed E-state index contributed by atoms with van der Waals surface area (Å²) in [5.41, 5.74) is 8.71. The summed E-state index contributed by atoms with van der Waals surface area (Å²) in [6, 6.07) is 13.7. The van der Waals surface area contributed by atoms with Crippen LogP contribution in [0.25, 0.3) is 10.9 Å². The molecule has 2 N–H and O–H groups in total. The zero-order chi connectivity index (χ0) is 14.1. The normalized spacial score (nSPS) is 10.7. The van der Waals surface area contributed by atoms with Crippen molar-refractivity contribution < 1.29 is 4.74 Å².